The number of phosphoric ester groups is 1. The third-order valence-electron chi connectivity index (χ3n) is 10.3. The van der Waals surface area contributed by atoms with E-state index in [0.29, 0.717) is 13.0 Å². The zero-order valence-electron chi connectivity index (χ0n) is 39.8. The maximum atomic E-state index is 12.7. The Labute approximate surface area is 381 Å². The largest absolute Gasteiger partial charge is 0.472 e. The summed E-state index contributed by atoms with van der Waals surface area (Å²) >= 11 is 0. The Balaban J connectivity index is 4.01. The van der Waals surface area contributed by atoms with Gasteiger partial charge in [0.1, 0.15) is 6.10 Å². The molecule has 0 heterocycles. The first-order valence-corrected chi connectivity index (χ1v) is 26.6. The molecule has 3 N–H and O–H groups in total. The predicted octanol–water partition coefficient (Wildman–Crippen LogP) is 15.6. The van der Waals surface area contributed by atoms with Gasteiger partial charge in [-0.15, -0.1) is 0 Å². The Hall–Kier alpha value is -2.32. The number of allylic oxidation sites excluding steroid dienone is 14. The third kappa shape index (κ3) is 48.7. The molecule has 0 aliphatic heterocycles. The van der Waals surface area contributed by atoms with E-state index in [1.807, 2.05) is 0 Å². The SMILES string of the molecule is CC/C=C\C/C=C\C/C=C\C/C=C\C/C=C\CCCCOCC(COP(=O)(O)OCCN)OC(=O)CCCCCCCCCCCCCCC/C=C\C/C=C\CCCCCCC. The van der Waals surface area contributed by atoms with Gasteiger partial charge >= 0.3 is 13.8 Å². The second kappa shape index (κ2) is 49.7. The van der Waals surface area contributed by atoms with Crippen molar-refractivity contribution in [3.8, 4) is 0 Å². The lowest BCUT2D eigenvalue weighted by atomic mass is 10.0. The van der Waals surface area contributed by atoms with Crippen molar-refractivity contribution in [2.24, 2.45) is 5.73 Å². The molecule has 0 aromatic heterocycles. The van der Waals surface area contributed by atoms with Gasteiger partial charge in [-0.3, -0.25) is 13.8 Å². The van der Waals surface area contributed by atoms with E-state index < -0.39 is 13.9 Å². The van der Waals surface area contributed by atoms with Crippen LogP contribution < -0.4 is 5.73 Å². The Morgan fingerprint density at radius 1 is 0.500 bits per heavy atom. The number of rotatable bonds is 47. The molecular formula is C53H94NO7P. The molecule has 0 aliphatic carbocycles. The second-order valence-electron chi connectivity index (χ2n) is 16.3. The monoisotopic (exact) mass is 888 g/mol. The lowest BCUT2D eigenvalue weighted by Gasteiger charge is -2.20. The summed E-state index contributed by atoms with van der Waals surface area (Å²) in [6.45, 7) is 4.68. The van der Waals surface area contributed by atoms with Gasteiger partial charge in [-0.25, -0.2) is 4.57 Å². The first-order valence-electron chi connectivity index (χ1n) is 25.1. The standard InChI is InChI=1S/C53H94NO7P/c1-3-5-7-9-11-13-15-17-19-21-23-24-25-26-27-28-29-30-32-34-36-38-40-42-44-46-53(55)61-52(51-60-62(56,57)59-49-47-54)50-58-48-45-43-41-39-37-35-33-31-22-20-18-16-14-12-10-8-6-4-2/h6,8,12,14-15,17-18,20-21,23,31,33,37,39,52H,3-5,7,9-11,13,16,19,22,24-30,32,34-36,38,40-51,54H2,1-2H3,(H,56,57)/b8-6-,14-12-,17-15-,20-18-,23-21-,33-31-,39-37-. The lowest BCUT2D eigenvalue weighted by Crippen LogP contribution is -2.28. The lowest BCUT2D eigenvalue weighted by molar-refractivity contribution is -0.154. The molecule has 358 valence electrons. The molecule has 0 aromatic carbocycles. The van der Waals surface area contributed by atoms with Crippen LogP contribution in [0.25, 0.3) is 0 Å². The van der Waals surface area contributed by atoms with E-state index in [-0.39, 0.29) is 32.3 Å². The molecule has 9 heteroatoms. The third-order valence-corrected chi connectivity index (χ3v) is 11.3. The maximum Gasteiger partial charge on any atom is 0.472 e. The molecule has 0 aliphatic rings. The number of phosphoric acid groups is 1. The highest BCUT2D eigenvalue weighted by atomic mass is 31.2. The van der Waals surface area contributed by atoms with Crippen LogP contribution in [0, 0.1) is 0 Å². The van der Waals surface area contributed by atoms with Crippen LogP contribution in [0.5, 0.6) is 0 Å². The number of unbranched alkanes of at least 4 members (excludes halogenated alkanes) is 20. The highest BCUT2D eigenvalue weighted by molar-refractivity contribution is 7.47. The van der Waals surface area contributed by atoms with Gasteiger partial charge in [0.15, 0.2) is 0 Å². The van der Waals surface area contributed by atoms with E-state index in [1.165, 1.54) is 109 Å². The molecule has 2 unspecified atom stereocenters. The molecule has 0 bridgehead atoms. The average molecular weight is 888 g/mol. The Morgan fingerprint density at radius 3 is 1.35 bits per heavy atom. The second-order valence-corrected chi connectivity index (χ2v) is 17.7. The summed E-state index contributed by atoms with van der Waals surface area (Å²) in [6, 6.07) is 0. The number of esters is 1. The molecule has 0 saturated heterocycles. The first-order chi connectivity index (χ1) is 30.4. The summed E-state index contributed by atoms with van der Waals surface area (Å²) in [5.74, 6) is -0.348. The maximum absolute atomic E-state index is 12.7. The molecule has 8 nitrogen and oxygen atoms in total. The van der Waals surface area contributed by atoms with Crippen molar-refractivity contribution in [3.63, 3.8) is 0 Å². The zero-order chi connectivity index (χ0) is 45.1. The van der Waals surface area contributed by atoms with Crippen molar-refractivity contribution in [2.45, 2.75) is 213 Å². The number of carbonyl (C=O) groups excluding carboxylic acids is 1. The van der Waals surface area contributed by atoms with Crippen molar-refractivity contribution < 1.29 is 32.8 Å². The van der Waals surface area contributed by atoms with Gasteiger partial charge in [-0.2, -0.15) is 0 Å². The molecule has 0 saturated carbocycles. The van der Waals surface area contributed by atoms with Gasteiger partial charge in [0.2, 0.25) is 0 Å². The first kappa shape index (κ1) is 59.7. The molecule has 0 spiro atoms. The summed E-state index contributed by atoms with van der Waals surface area (Å²) in [7, 11) is -4.30. The molecular weight excluding hydrogens is 794 g/mol. The van der Waals surface area contributed by atoms with Gasteiger partial charge in [0.25, 0.3) is 0 Å². The average Bonchev–Trinajstić information content (AvgIpc) is 3.26. The highest BCUT2D eigenvalue weighted by Gasteiger charge is 2.25. The fourth-order valence-electron chi connectivity index (χ4n) is 6.64. The van der Waals surface area contributed by atoms with Crippen molar-refractivity contribution in [3.05, 3.63) is 85.1 Å². The summed E-state index contributed by atoms with van der Waals surface area (Å²) in [6.07, 6.45) is 64.8. The molecule has 0 aromatic rings. The quantitative estimate of drug-likeness (QED) is 0.0269. The Morgan fingerprint density at radius 2 is 0.903 bits per heavy atom. The predicted molar refractivity (Wildman–Crippen MR) is 265 cm³/mol. The fraction of sp³-hybridized carbons (Fsp3) is 0.717. The van der Waals surface area contributed by atoms with Crippen LogP contribution >= 0.6 is 7.82 Å². The van der Waals surface area contributed by atoms with E-state index >= 15 is 0 Å². The van der Waals surface area contributed by atoms with Crippen molar-refractivity contribution >= 4 is 13.8 Å². The van der Waals surface area contributed by atoms with Crippen LogP contribution in [-0.4, -0.2) is 49.9 Å². The molecule has 2 atom stereocenters. The van der Waals surface area contributed by atoms with Crippen LogP contribution in [0.3, 0.4) is 0 Å². The highest BCUT2D eigenvalue weighted by Crippen LogP contribution is 2.43. The smallest absolute Gasteiger partial charge is 0.457 e. The molecule has 0 rings (SSSR count). The van der Waals surface area contributed by atoms with E-state index in [9.17, 15) is 14.3 Å². The normalized spacial score (nSPS) is 14.1. The number of hydrogen-bond donors (Lipinski definition) is 2. The van der Waals surface area contributed by atoms with Gasteiger partial charge in [-0.05, 0) is 89.9 Å². The number of ether oxygens (including phenoxy) is 2. The molecule has 0 fully saturated rings. The van der Waals surface area contributed by atoms with Crippen LogP contribution in [-0.2, 0) is 27.9 Å². The zero-order valence-corrected chi connectivity index (χ0v) is 40.7. The minimum Gasteiger partial charge on any atom is -0.457 e. The van der Waals surface area contributed by atoms with E-state index in [4.69, 9.17) is 24.3 Å². The van der Waals surface area contributed by atoms with Crippen molar-refractivity contribution in [1.82, 2.24) is 0 Å². The summed E-state index contributed by atoms with van der Waals surface area (Å²) in [4.78, 5) is 22.6. The van der Waals surface area contributed by atoms with Crippen LogP contribution in [0.4, 0.5) is 0 Å². The van der Waals surface area contributed by atoms with E-state index in [0.717, 1.165) is 77.0 Å². The van der Waals surface area contributed by atoms with Crippen LogP contribution in [0.2, 0.25) is 0 Å². The van der Waals surface area contributed by atoms with Gasteiger partial charge < -0.3 is 20.1 Å². The van der Waals surface area contributed by atoms with Crippen molar-refractivity contribution in [2.75, 3.05) is 33.0 Å². The summed E-state index contributed by atoms with van der Waals surface area (Å²) in [5, 5.41) is 0. The Kier molecular flexibility index (Phi) is 47.8. The minimum absolute atomic E-state index is 0.0829. The topological polar surface area (TPSA) is 117 Å². The van der Waals surface area contributed by atoms with Crippen LogP contribution in [0.15, 0.2) is 85.1 Å². The van der Waals surface area contributed by atoms with Gasteiger partial charge in [0, 0.05) is 19.6 Å². The summed E-state index contributed by atoms with van der Waals surface area (Å²) in [5.41, 5.74) is 5.38. The Bertz CT molecular complexity index is 1220. The van der Waals surface area contributed by atoms with Crippen LogP contribution in [0.1, 0.15) is 206 Å². The van der Waals surface area contributed by atoms with E-state index in [1.54, 1.807) is 0 Å². The number of hydrogen-bond acceptors (Lipinski definition) is 7. The summed E-state index contributed by atoms with van der Waals surface area (Å²) < 4.78 is 33.5. The molecule has 0 radical (unpaired) electrons. The molecule has 0 amide bonds. The number of carbonyl (C=O) groups is 1. The fourth-order valence-corrected chi connectivity index (χ4v) is 7.41. The van der Waals surface area contributed by atoms with E-state index in [2.05, 4.69) is 98.9 Å². The number of nitrogens with two attached hydrogens (primary N) is 1. The van der Waals surface area contributed by atoms with Gasteiger partial charge in [-0.1, -0.05) is 195 Å². The van der Waals surface area contributed by atoms with Gasteiger partial charge in [0.05, 0.1) is 19.8 Å². The molecule has 62 heavy (non-hydrogen) atoms. The van der Waals surface area contributed by atoms with Crippen molar-refractivity contribution in [1.29, 1.82) is 0 Å². The minimum atomic E-state index is -4.30.